The van der Waals surface area contributed by atoms with E-state index in [1.165, 1.54) is 97.2 Å². The van der Waals surface area contributed by atoms with E-state index in [0.29, 0.717) is 23.7 Å². The van der Waals surface area contributed by atoms with Crippen molar-refractivity contribution in [3.05, 3.63) is 211 Å². The predicted molar refractivity (Wildman–Crippen MR) is 261 cm³/mol. The molecule has 6 rings (SSSR count). The van der Waals surface area contributed by atoms with Gasteiger partial charge in [0.15, 0.2) is 0 Å². The number of hydrogen-bond donors (Lipinski definition) is 0. The minimum Gasteiger partial charge on any atom is -0.0622 e. The van der Waals surface area contributed by atoms with Gasteiger partial charge in [-0.15, -0.1) is 0 Å². The molecular formula is C59H76. The predicted octanol–water partition coefficient (Wildman–Crippen LogP) is 16.5. The van der Waals surface area contributed by atoms with Gasteiger partial charge >= 0.3 is 0 Å². The summed E-state index contributed by atoms with van der Waals surface area (Å²) in [5.74, 6) is 2.35. The Bertz CT molecular complexity index is 1880. The van der Waals surface area contributed by atoms with Crippen molar-refractivity contribution in [2.45, 2.75) is 152 Å². The van der Waals surface area contributed by atoms with Crippen LogP contribution >= 0.6 is 0 Å². The van der Waals surface area contributed by atoms with E-state index in [9.17, 15) is 0 Å². The number of rotatable bonds is 14. The van der Waals surface area contributed by atoms with E-state index in [0.717, 1.165) is 25.7 Å². The molecule has 0 amide bonds. The first-order chi connectivity index (χ1) is 28.1. The lowest BCUT2D eigenvalue weighted by Crippen LogP contribution is -2.01. The quantitative estimate of drug-likeness (QED) is 0.103. The van der Waals surface area contributed by atoms with Gasteiger partial charge in [0.1, 0.15) is 0 Å². The van der Waals surface area contributed by atoms with Gasteiger partial charge in [0.2, 0.25) is 0 Å². The van der Waals surface area contributed by atoms with E-state index in [1.54, 1.807) is 0 Å². The van der Waals surface area contributed by atoms with Crippen molar-refractivity contribution in [2.75, 3.05) is 0 Å². The summed E-state index contributed by atoms with van der Waals surface area (Å²) in [4.78, 5) is 0. The SMILES string of the molecule is CC(C)c1cc(CCc2cc(C(C)C)cc(C(C)C)c2)cc(C(C)C)c1.Cc1cc(C)cc(CCc2cc(C)cc(C)c2)c1.c1ccc(CCCc2ccccc2)cc1. The van der Waals surface area contributed by atoms with Crippen molar-refractivity contribution < 1.29 is 0 Å². The Morgan fingerprint density at radius 1 is 0.271 bits per heavy atom. The third-order valence-electron chi connectivity index (χ3n) is 11.3. The average molecular weight is 785 g/mol. The summed E-state index contributed by atoms with van der Waals surface area (Å²) in [5, 5.41) is 0. The van der Waals surface area contributed by atoms with E-state index in [2.05, 4.69) is 217 Å². The van der Waals surface area contributed by atoms with Crippen LogP contribution in [0.1, 0.15) is 163 Å². The van der Waals surface area contributed by atoms with E-state index in [4.69, 9.17) is 0 Å². The third-order valence-corrected chi connectivity index (χ3v) is 11.3. The van der Waals surface area contributed by atoms with E-state index >= 15 is 0 Å². The van der Waals surface area contributed by atoms with Crippen LogP contribution in [0.4, 0.5) is 0 Å². The summed E-state index contributed by atoms with van der Waals surface area (Å²) >= 11 is 0. The fourth-order valence-corrected chi connectivity index (χ4v) is 7.90. The largest absolute Gasteiger partial charge is 0.0622 e. The highest BCUT2D eigenvalue weighted by atomic mass is 14.2. The molecule has 0 nitrogen and oxygen atoms in total. The van der Waals surface area contributed by atoms with Gasteiger partial charge in [-0.2, -0.15) is 0 Å². The van der Waals surface area contributed by atoms with Crippen molar-refractivity contribution in [3.8, 4) is 0 Å². The minimum atomic E-state index is 0.587. The van der Waals surface area contributed by atoms with Crippen molar-refractivity contribution in [3.63, 3.8) is 0 Å². The van der Waals surface area contributed by atoms with Crippen LogP contribution in [0.5, 0.6) is 0 Å². The molecule has 0 fully saturated rings. The van der Waals surface area contributed by atoms with Gasteiger partial charge in [-0.25, -0.2) is 0 Å². The molecule has 0 saturated carbocycles. The summed E-state index contributed by atoms with van der Waals surface area (Å²) < 4.78 is 0. The molecular weight excluding hydrogens is 709 g/mol. The van der Waals surface area contributed by atoms with Crippen molar-refractivity contribution >= 4 is 0 Å². The molecule has 0 aliphatic heterocycles. The number of benzene rings is 6. The Morgan fingerprint density at radius 2 is 0.525 bits per heavy atom. The molecule has 0 aliphatic rings. The second kappa shape index (κ2) is 23.8. The first-order valence-corrected chi connectivity index (χ1v) is 22.6. The molecule has 0 radical (unpaired) electrons. The van der Waals surface area contributed by atoms with Crippen molar-refractivity contribution in [1.82, 2.24) is 0 Å². The highest BCUT2D eigenvalue weighted by Gasteiger charge is 2.10. The molecule has 312 valence electrons. The van der Waals surface area contributed by atoms with Gasteiger partial charge in [-0.05, 0) is 152 Å². The Balaban J connectivity index is 0.000000204. The van der Waals surface area contributed by atoms with E-state index in [-0.39, 0.29) is 0 Å². The zero-order chi connectivity index (χ0) is 42.9. The van der Waals surface area contributed by atoms with Crippen LogP contribution in [-0.4, -0.2) is 0 Å². The maximum absolute atomic E-state index is 2.42. The molecule has 0 saturated heterocycles. The van der Waals surface area contributed by atoms with Gasteiger partial charge in [-0.3, -0.25) is 0 Å². The van der Waals surface area contributed by atoms with Crippen LogP contribution in [0, 0.1) is 27.7 Å². The molecule has 0 heterocycles. The molecule has 0 atom stereocenters. The Kier molecular flexibility index (Phi) is 19.0. The summed E-state index contributed by atoms with van der Waals surface area (Å²) in [6, 6.07) is 49.5. The molecule has 59 heavy (non-hydrogen) atoms. The molecule has 0 bridgehead atoms. The van der Waals surface area contributed by atoms with Crippen LogP contribution in [0.2, 0.25) is 0 Å². The molecule has 0 aliphatic carbocycles. The lowest BCUT2D eigenvalue weighted by Gasteiger charge is -2.16. The molecule has 0 aromatic heterocycles. The summed E-state index contributed by atoms with van der Waals surface area (Å²) in [5.41, 5.74) is 20.1. The molecule has 0 spiro atoms. The number of aryl methyl sites for hydroxylation is 10. The van der Waals surface area contributed by atoms with Gasteiger partial charge in [-0.1, -0.05) is 211 Å². The fraction of sp³-hybridized carbons (Fsp3) is 0.390. The molecule has 0 N–H and O–H groups in total. The van der Waals surface area contributed by atoms with Crippen molar-refractivity contribution in [2.24, 2.45) is 0 Å². The van der Waals surface area contributed by atoms with Gasteiger partial charge < -0.3 is 0 Å². The number of hydrogen-bond acceptors (Lipinski definition) is 0. The lowest BCUT2D eigenvalue weighted by atomic mass is 9.89. The summed E-state index contributed by atoms with van der Waals surface area (Å²) in [6.07, 6.45) is 8.09. The molecule has 6 aromatic carbocycles. The van der Waals surface area contributed by atoms with E-state index in [1.807, 2.05) is 0 Å². The maximum Gasteiger partial charge on any atom is -0.0219 e. The zero-order valence-electron chi connectivity index (χ0n) is 39.0. The Labute approximate surface area is 361 Å². The molecule has 6 aromatic rings. The van der Waals surface area contributed by atoms with Gasteiger partial charge in [0.25, 0.3) is 0 Å². The monoisotopic (exact) mass is 785 g/mol. The van der Waals surface area contributed by atoms with Crippen LogP contribution in [-0.2, 0) is 38.5 Å². The smallest absolute Gasteiger partial charge is 0.0219 e. The second-order valence-corrected chi connectivity index (χ2v) is 18.5. The Hall–Kier alpha value is -4.68. The highest BCUT2D eigenvalue weighted by molar-refractivity contribution is 5.37. The standard InChI is InChI=1S/C26H38.C18H22.C15H16/c1-17(2)23-11-21(12-24(15-23)18(3)4)9-10-22-13-25(19(5)6)16-26(14-22)20(7)8;1-13-7-14(2)10-17(9-13)5-6-18-11-15(3)8-16(4)12-18;1-3-8-14(9-4-1)12-7-13-15-10-5-2-6-11-15/h11-20H,9-10H2,1-8H3;7-12H,5-6H2,1-4H3;1-6,8-11H,7,12-13H2. The normalized spacial score (nSPS) is 11.1. The lowest BCUT2D eigenvalue weighted by molar-refractivity contribution is 0.814. The van der Waals surface area contributed by atoms with E-state index < -0.39 is 0 Å². The highest BCUT2D eigenvalue weighted by Crippen LogP contribution is 2.27. The maximum atomic E-state index is 2.42. The van der Waals surface area contributed by atoms with Crippen LogP contribution in [0.15, 0.2) is 133 Å². The first-order valence-electron chi connectivity index (χ1n) is 22.6. The first kappa shape index (κ1) is 47.0. The molecule has 0 unspecified atom stereocenters. The Morgan fingerprint density at radius 3 is 0.780 bits per heavy atom. The van der Waals surface area contributed by atoms with Crippen LogP contribution in [0.25, 0.3) is 0 Å². The topological polar surface area (TPSA) is 0 Å². The second-order valence-electron chi connectivity index (χ2n) is 18.5. The van der Waals surface area contributed by atoms with Gasteiger partial charge in [0.05, 0.1) is 0 Å². The summed E-state index contributed by atoms with van der Waals surface area (Å²) in [7, 11) is 0. The van der Waals surface area contributed by atoms with Crippen LogP contribution < -0.4 is 0 Å². The average Bonchev–Trinajstić information content (AvgIpc) is 3.19. The third kappa shape index (κ3) is 16.8. The van der Waals surface area contributed by atoms with Crippen LogP contribution in [0.3, 0.4) is 0 Å². The fourth-order valence-electron chi connectivity index (χ4n) is 7.90. The van der Waals surface area contributed by atoms with Crippen molar-refractivity contribution in [1.29, 1.82) is 0 Å². The summed E-state index contributed by atoms with van der Waals surface area (Å²) in [6.45, 7) is 27.1. The van der Waals surface area contributed by atoms with Gasteiger partial charge in [0, 0.05) is 0 Å². The molecule has 0 heteroatoms. The minimum absolute atomic E-state index is 0.587. The zero-order valence-corrected chi connectivity index (χ0v) is 39.0.